The number of hydrogen-bond acceptors (Lipinski definition) is 3. The monoisotopic (exact) mass is 352 g/mol. The first kappa shape index (κ1) is 23.4. The zero-order valence-electron chi connectivity index (χ0n) is 15.7. The van der Waals surface area contributed by atoms with Gasteiger partial charge in [0.25, 0.3) is 0 Å². The van der Waals surface area contributed by atoms with Gasteiger partial charge in [-0.2, -0.15) is 0 Å². The van der Waals surface area contributed by atoms with Crippen LogP contribution < -0.4 is 0 Å². The van der Waals surface area contributed by atoms with Gasteiger partial charge in [-0.1, -0.05) is 25.0 Å². The quantitative estimate of drug-likeness (QED) is 0.192. The van der Waals surface area contributed by atoms with E-state index >= 15 is 0 Å². The number of carbonyl (C=O) groups excluding carboxylic acids is 1. The van der Waals surface area contributed by atoms with Gasteiger partial charge >= 0.3 is 11.9 Å². The number of esters is 1. The first-order chi connectivity index (χ1) is 12.1. The van der Waals surface area contributed by atoms with Crippen molar-refractivity contribution < 1.29 is 19.4 Å². The van der Waals surface area contributed by atoms with E-state index in [0.29, 0.717) is 12.8 Å². The second-order valence-electron chi connectivity index (χ2n) is 6.57. The molecule has 0 aliphatic heterocycles. The van der Waals surface area contributed by atoms with E-state index in [2.05, 4.69) is 13.2 Å². The lowest BCUT2D eigenvalue weighted by atomic mass is 10.0. The van der Waals surface area contributed by atoms with Crippen LogP contribution in [0.25, 0.3) is 0 Å². The normalized spacial score (nSPS) is 10.6. The van der Waals surface area contributed by atoms with Crippen molar-refractivity contribution in [2.24, 2.45) is 0 Å². The van der Waals surface area contributed by atoms with E-state index in [9.17, 15) is 9.59 Å². The van der Waals surface area contributed by atoms with Crippen LogP contribution in [0.5, 0.6) is 0 Å². The van der Waals surface area contributed by atoms with Gasteiger partial charge in [0, 0.05) is 12.8 Å². The van der Waals surface area contributed by atoms with E-state index in [-0.39, 0.29) is 18.5 Å². The smallest absolute Gasteiger partial charge is 0.306 e. The second kappa shape index (κ2) is 17.2. The Labute approximate surface area is 153 Å². The molecule has 0 aliphatic carbocycles. The fraction of sp³-hybridized carbons (Fsp3) is 0.714. The minimum absolute atomic E-state index is 0.0224. The molecule has 0 aliphatic rings. The van der Waals surface area contributed by atoms with Crippen molar-refractivity contribution in [3.05, 3.63) is 25.3 Å². The topological polar surface area (TPSA) is 63.6 Å². The Kier molecular flexibility index (Phi) is 16.2. The van der Waals surface area contributed by atoms with E-state index in [4.69, 9.17) is 9.84 Å². The fourth-order valence-corrected chi connectivity index (χ4v) is 2.73. The second-order valence-corrected chi connectivity index (χ2v) is 6.57. The maximum absolute atomic E-state index is 12.0. The zero-order valence-corrected chi connectivity index (χ0v) is 15.7. The molecule has 0 radical (unpaired) electrons. The molecule has 0 unspecified atom stereocenters. The van der Waals surface area contributed by atoms with Crippen molar-refractivity contribution >= 4 is 11.9 Å². The number of ether oxygens (including phenoxy) is 1. The van der Waals surface area contributed by atoms with Crippen LogP contribution in [0.2, 0.25) is 0 Å². The molecule has 0 atom stereocenters. The highest BCUT2D eigenvalue weighted by Gasteiger charge is 2.14. The van der Waals surface area contributed by atoms with Gasteiger partial charge in [0.2, 0.25) is 0 Å². The predicted octanol–water partition coefficient (Wildman–Crippen LogP) is 5.82. The largest absolute Gasteiger partial charge is 0.481 e. The molecule has 0 saturated heterocycles. The summed E-state index contributed by atoms with van der Waals surface area (Å²) in [5.74, 6) is -0.870. The Morgan fingerprint density at radius 3 is 1.80 bits per heavy atom. The fourth-order valence-electron chi connectivity index (χ4n) is 2.73. The van der Waals surface area contributed by atoms with E-state index in [0.717, 1.165) is 70.6 Å². The molecule has 0 saturated carbocycles. The Morgan fingerprint density at radius 1 is 0.800 bits per heavy atom. The number of unbranched alkanes of at least 4 members (excludes halogenated alkanes) is 7. The summed E-state index contributed by atoms with van der Waals surface area (Å²) in [7, 11) is 0. The van der Waals surface area contributed by atoms with Crippen LogP contribution in [0.4, 0.5) is 0 Å². The molecule has 0 rings (SSSR count). The van der Waals surface area contributed by atoms with Crippen molar-refractivity contribution in [1.29, 1.82) is 0 Å². The first-order valence-electron chi connectivity index (χ1n) is 9.73. The van der Waals surface area contributed by atoms with Crippen molar-refractivity contribution in [1.82, 2.24) is 0 Å². The molecule has 1 N–H and O–H groups in total. The molecule has 0 amide bonds. The van der Waals surface area contributed by atoms with Gasteiger partial charge in [-0.05, 0) is 64.2 Å². The Hall–Kier alpha value is -1.58. The Morgan fingerprint density at radius 2 is 1.32 bits per heavy atom. The molecule has 144 valence electrons. The van der Waals surface area contributed by atoms with Crippen LogP contribution in [-0.2, 0) is 14.3 Å². The van der Waals surface area contributed by atoms with Gasteiger partial charge in [0.15, 0.2) is 0 Å². The van der Waals surface area contributed by atoms with E-state index < -0.39 is 5.97 Å². The van der Waals surface area contributed by atoms with Crippen LogP contribution in [0.3, 0.4) is 0 Å². The summed E-state index contributed by atoms with van der Waals surface area (Å²) >= 11 is 0. The lowest BCUT2D eigenvalue weighted by Gasteiger charge is -2.18. The summed E-state index contributed by atoms with van der Waals surface area (Å²) in [6.07, 6.45) is 15.9. The SMILES string of the molecule is C=CCCCCC(CCCCC=C)OC(=O)CCCCCCC(=O)O. The van der Waals surface area contributed by atoms with Crippen LogP contribution >= 0.6 is 0 Å². The average molecular weight is 353 g/mol. The van der Waals surface area contributed by atoms with Crippen LogP contribution in [0, 0.1) is 0 Å². The lowest BCUT2D eigenvalue weighted by Crippen LogP contribution is -2.18. The molecule has 0 aromatic carbocycles. The summed E-state index contributed by atoms with van der Waals surface area (Å²) < 4.78 is 5.67. The lowest BCUT2D eigenvalue weighted by molar-refractivity contribution is -0.150. The van der Waals surface area contributed by atoms with Crippen molar-refractivity contribution in [3.63, 3.8) is 0 Å². The van der Waals surface area contributed by atoms with Crippen molar-refractivity contribution in [3.8, 4) is 0 Å². The van der Waals surface area contributed by atoms with Gasteiger partial charge < -0.3 is 9.84 Å². The maximum atomic E-state index is 12.0. The molecule has 0 spiro atoms. The maximum Gasteiger partial charge on any atom is 0.306 e. The standard InChI is InChI=1S/C21H36O4/c1-3-5-7-11-15-19(16-12-8-6-4-2)25-21(24)18-14-10-9-13-17-20(22)23/h3-4,19H,1-2,5-18H2,(H,22,23). The minimum Gasteiger partial charge on any atom is -0.481 e. The molecule has 4 heteroatoms. The third-order valence-electron chi connectivity index (χ3n) is 4.19. The average Bonchev–Trinajstić information content (AvgIpc) is 2.58. The van der Waals surface area contributed by atoms with Gasteiger partial charge in [-0.3, -0.25) is 9.59 Å². The number of carboxylic acids is 1. The predicted molar refractivity (Wildman–Crippen MR) is 103 cm³/mol. The number of allylic oxidation sites excluding steroid dienone is 2. The third kappa shape index (κ3) is 17.0. The first-order valence-corrected chi connectivity index (χ1v) is 9.73. The van der Waals surface area contributed by atoms with E-state index in [1.54, 1.807) is 0 Å². The summed E-state index contributed by atoms with van der Waals surface area (Å²) in [6.45, 7) is 7.47. The van der Waals surface area contributed by atoms with Gasteiger partial charge in [-0.15, -0.1) is 13.2 Å². The molecule has 4 nitrogen and oxygen atoms in total. The zero-order chi connectivity index (χ0) is 18.8. The van der Waals surface area contributed by atoms with Gasteiger partial charge in [0.05, 0.1) is 0 Å². The van der Waals surface area contributed by atoms with Crippen molar-refractivity contribution in [2.45, 2.75) is 96.0 Å². The molecular weight excluding hydrogens is 316 g/mol. The van der Waals surface area contributed by atoms with Crippen LogP contribution in [0.1, 0.15) is 89.9 Å². The number of rotatable bonds is 18. The van der Waals surface area contributed by atoms with Crippen LogP contribution in [-0.4, -0.2) is 23.1 Å². The number of carboxylic acid groups (broad SMARTS) is 1. The summed E-state index contributed by atoms with van der Waals surface area (Å²) in [5.41, 5.74) is 0. The molecular formula is C21H36O4. The number of carbonyl (C=O) groups is 2. The van der Waals surface area contributed by atoms with Gasteiger partial charge in [-0.25, -0.2) is 0 Å². The highest BCUT2D eigenvalue weighted by Crippen LogP contribution is 2.16. The van der Waals surface area contributed by atoms with Crippen LogP contribution in [0.15, 0.2) is 25.3 Å². The molecule has 25 heavy (non-hydrogen) atoms. The molecule has 0 aromatic heterocycles. The number of hydrogen-bond donors (Lipinski definition) is 1. The highest BCUT2D eigenvalue weighted by atomic mass is 16.5. The van der Waals surface area contributed by atoms with E-state index in [1.807, 2.05) is 12.2 Å². The van der Waals surface area contributed by atoms with Crippen molar-refractivity contribution in [2.75, 3.05) is 0 Å². The van der Waals surface area contributed by atoms with E-state index in [1.165, 1.54) is 0 Å². The highest BCUT2D eigenvalue weighted by molar-refractivity contribution is 5.69. The molecule has 0 fully saturated rings. The minimum atomic E-state index is -0.754. The third-order valence-corrected chi connectivity index (χ3v) is 4.19. The Bertz CT molecular complexity index is 360. The Balaban J connectivity index is 3.96. The summed E-state index contributed by atoms with van der Waals surface area (Å²) in [6, 6.07) is 0. The molecule has 0 heterocycles. The summed E-state index contributed by atoms with van der Waals surface area (Å²) in [5, 5.41) is 8.58. The molecule has 0 aromatic rings. The molecule has 0 bridgehead atoms. The summed E-state index contributed by atoms with van der Waals surface area (Å²) in [4.78, 5) is 22.5. The number of aliphatic carboxylic acids is 1. The van der Waals surface area contributed by atoms with Gasteiger partial charge in [0.1, 0.15) is 6.10 Å².